The van der Waals surface area contributed by atoms with Crippen LogP contribution in [0.1, 0.15) is 56.7 Å². The van der Waals surface area contributed by atoms with Crippen molar-refractivity contribution in [2.45, 2.75) is 58.4 Å². The summed E-state index contributed by atoms with van der Waals surface area (Å²) in [6.07, 6.45) is 1.11. The van der Waals surface area contributed by atoms with Crippen LogP contribution >= 0.6 is 11.6 Å². The predicted octanol–water partition coefficient (Wildman–Crippen LogP) is 8.80. The van der Waals surface area contributed by atoms with Gasteiger partial charge in [-0.05, 0) is 86.6 Å². The minimum atomic E-state index is 0.0719. The zero-order valence-corrected chi connectivity index (χ0v) is 25.5. The van der Waals surface area contributed by atoms with E-state index in [1.807, 2.05) is 19.2 Å². The highest BCUT2D eigenvalue weighted by molar-refractivity contribution is 6.17. The first kappa shape index (κ1) is 27.4. The van der Waals surface area contributed by atoms with Gasteiger partial charge in [-0.2, -0.15) is 4.58 Å². The van der Waals surface area contributed by atoms with Crippen LogP contribution in [0.5, 0.6) is 5.75 Å². The zero-order chi connectivity index (χ0) is 29.1. The average Bonchev–Trinajstić information content (AvgIpc) is 2.95. The smallest absolute Gasteiger partial charge is 0.209 e. The Kier molecular flexibility index (Phi) is 6.86. The Bertz CT molecular complexity index is 1820. The maximum atomic E-state index is 9.77. The molecular weight excluding hydrogens is 528 g/mol. The number of nitrogens with zero attached hydrogens (tertiary/aromatic N) is 2. The summed E-state index contributed by atoms with van der Waals surface area (Å²) in [5.41, 5.74) is 10.4. The molecule has 1 unspecified atom stereocenters. The van der Waals surface area contributed by atoms with E-state index in [-0.39, 0.29) is 11.3 Å². The molecule has 0 saturated heterocycles. The van der Waals surface area contributed by atoms with Gasteiger partial charge >= 0.3 is 0 Å². The van der Waals surface area contributed by atoms with Gasteiger partial charge < -0.3 is 14.4 Å². The number of phenols is 1. The summed E-state index contributed by atoms with van der Waals surface area (Å²) < 4.78 is 8.89. The minimum Gasteiger partial charge on any atom is -0.508 e. The summed E-state index contributed by atoms with van der Waals surface area (Å²) in [6.45, 7) is 12.4. The molecule has 41 heavy (non-hydrogen) atoms. The number of phenolic OH excluding ortho intramolecular Hbond substituents is 1. The van der Waals surface area contributed by atoms with Gasteiger partial charge in [-0.3, -0.25) is 0 Å². The second-order valence-electron chi connectivity index (χ2n) is 12.1. The lowest BCUT2D eigenvalue weighted by Gasteiger charge is -2.47. The van der Waals surface area contributed by atoms with Crippen molar-refractivity contribution in [1.29, 1.82) is 0 Å². The Morgan fingerprint density at radius 1 is 1.00 bits per heavy atom. The third-order valence-electron chi connectivity index (χ3n) is 8.87. The standard InChI is InChI=1S/C36H37ClN2O2/c1-7-39-32-19-34-31(18-30(32)23(3)20-36(39,4)5)35(28-14-8-24(21-37)16-22(28)2)29-15-11-26(17-33(29)41-34)38(6)25-9-12-27(40)13-10-25/h8-19,23H,7,20-21H2,1-6H3/p+1. The van der Waals surface area contributed by atoms with E-state index in [1.165, 1.54) is 27.9 Å². The molecule has 1 N–H and O–H groups in total. The average molecular weight is 566 g/mol. The number of halogens is 1. The number of fused-ring (bicyclic) bond motifs is 3. The Balaban J connectivity index is 1.69. The second-order valence-corrected chi connectivity index (χ2v) is 12.4. The van der Waals surface area contributed by atoms with Crippen LogP contribution in [0.25, 0.3) is 33.4 Å². The van der Waals surface area contributed by atoms with Crippen molar-refractivity contribution >= 4 is 33.9 Å². The fraction of sp³-hybridized carbons (Fsp3) is 0.306. The Labute approximate surface area is 247 Å². The highest BCUT2D eigenvalue weighted by Crippen LogP contribution is 2.48. The molecule has 210 valence electrons. The summed E-state index contributed by atoms with van der Waals surface area (Å²) in [5, 5.41) is 11.9. The van der Waals surface area contributed by atoms with E-state index >= 15 is 0 Å². The van der Waals surface area contributed by atoms with E-state index in [9.17, 15) is 5.11 Å². The molecule has 2 heterocycles. The topological polar surface area (TPSA) is 39.6 Å². The van der Waals surface area contributed by atoms with E-state index < -0.39 is 0 Å². The van der Waals surface area contributed by atoms with Gasteiger partial charge in [0, 0.05) is 64.4 Å². The van der Waals surface area contributed by atoms with Gasteiger partial charge in [-0.1, -0.05) is 25.1 Å². The minimum absolute atomic E-state index is 0.0719. The lowest BCUT2D eigenvalue weighted by molar-refractivity contribution is 0.381. The van der Waals surface area contributed by atoms with E-state index in [4.69, 9.17) is 16.0 Å². The highest BCUT2D eigenvalue weighted by Gasteiger charge is 2.36. The first-order valence-corrected chi connectivity index (χ1v) is 15.0. The first-order valence-electron chi connectivity index (χ1n) is 14.4. The monoisotopic (exact) mass is 565 g/mol. The molecule has 3 aromatic carbocycles. The molecule has 3 aliphatic rings. The molecule has 2 aliphatic heterocycles. The van der Waals surface area contributed by atoms with Crippen LogP contribution in [0.4, 0.5) is 11.4 Å². The van der Waals surface area contributed by atoms with Gasteiger partial charge in [0.1, 0.15) is 24.1 Å². The quantitative estimate of drug-likeness (QED) is 0.134. The van der Waals surface area contributed by atoms with Gasteiger partial charge in [0.15, 0.2) is 0 Å². The summed E-state index contributed by atoms with van der Waals surface area (Å²) >= 11 is 6.20. The maximum Gasteiger partial charge on any atom is 0.209 e. The third-order valence-corrected chi connectivity index (χ3v) is 9.17. The van der Waals surface area contributed by atoms with Crippen LogP contribution in [0.3, 0.4) is 0 Å². The maximum absolute atomic E-state index is 9.77. The molecular formula is C36H38ClN2O2+. The van der Waals surface area contributed by atoms with Crippen LogP contribution in [-0.4, -0.2) is 24.2 Å². The third kappa shape index (κ3) is 4.68. The van der Waals surface area contributed by atoms with Crippen LogP contribution in [-0.2, 0) is 5.88 Å². The van der Waals surface area contributed by atoms with E-state index in [0.717, 1.165) is 51.9 Å². The van der Waals surface area contributed by atoms with Gasteiger partial charge in [-0.25, -0.2) is 0 Å². The van der Waals surface area contributed by atoms with Crippen molar-refractivity contribution in [2.24, 2.45) is 0 Å². The largest absolute Gasteiger partial charge is 0.508 e. The van der Waals surface area contributed by atoms with E-state index in [0.29, 0.717) is 11.8 Å². The Hall–Kier alpha value is -3.76. The SMILES string of the molecule is CCN1c2cc3oc4cc(=[N+](C)c5ccc(O)cc5)ccc-4c(-c4ccc(CCl)cc4C)c3cc2C(C)CC1(C)C. The fourth-order valence-corrected chi connectivity index (χ4v) is 7.03. The summed E-state index contributed by atoms with van der Waals surface area (Å²) in [4.78, 5) is 2.52. The van der Waals surface area contributed by atoms with Crippen molar-refractivity contribution in [2.75, 3.05) is 18.5 Å². The van der Waals surface area contributed by atoms with E-state index in [2.05, 4.69) is 92.6 Å². The number of aryl methyl sites for hydroxylation is 1. The molecule has 5 heteroatoms. The first-order chi connectivity index (χ1) is 19.6. The zero-order valence-electron chi connectivity index (χ0n) is 24.8. The van der Waals surface area contributed by atoms with Crippen LogP contribution in [0.15, 0.2) is 77.2 Å². The lowest BCUT2D eigenvalue weighted by Crippen LogP contribution is -2.48. The fourth-order valence-electron chi connectivity index (χ4n) is 6.87. The molecule has 0 radical (unpaired) electrons. The van der Waals surface area contributed by atoms with Crippen LogP contribution in [0, 0.1) is 6.92 Å². The molecule has 0 spiro atoms. The number of hydrogen-bond acceptors (Lipinski definition) is 3. The normalized spacial score (nSPS) is 17.1. The summed E-state index contributed by atoms with van der Waals surface area (Å²) in [7, 11) is 2.03. The Morgan fingerprint density at radius 3 is 2.41 bits per heavy atom. The predicted molar refractivity (Wildman–Crippen MR) is 172 cm³/mol. The highest BCUT2D eigenvalue weighted by atomic mass is 35.5. The van der Waals surface area contributed by atoms with Gasteiger partial charge in [-0.15, -0.1) is 11.6 Å². The number of aromatic hydroxyl groups is 1. The molecule has 1 aliphatic carbocycles. The molecule has 0 fully saturated rings. The summed E-state index contributed by atoms with van der Waals surface area (Å²) in [5.74, 6) is 2.02. The summed E-state index contributed by atoms with van der Waals surface area (Å²) in [6, 6.07) is 24.9. The van der Waals surface area contributed by atoms with Crippen molar-refractivity contribution in [3.8, 4) is 28.2 Å². The number of anilines is 1. The molecule has 4 nitrogen and oxygen atoms in total. The molecule has 6 rings (SSSR count). The molecule has 0 saturated carbocycles. The molecule has 0 aromatic heterocycles. The van der Waals surface area contributed by atoms with Gasteiger partial charge in [0.05, 0.1) is 6.07 Å². The molecule has 1 atom stereocenters. The number of benzene rings is 4. The number of rotatable bonds is 4. The Morgan fingerprint density at radius 2 is 1.73 bits per heavy atom. The van der Waals surface area contributed by atoms with Crippen molar-refractivity contribution < 1.29 is 9.52 Å². The number of hydrogen-bond donors (Lipinski definition) is 1. The van der Waals surface area contributed by atoms with Gasteiger partial charge in [0.2, 0.25) is 11.0 Å². The molecule has 3 aromatic rings. The lowest BCUT2D eigenvalue weighted by atomic mass is 9.79. The van der Waals surface area contributed by atoms with Crippen LogP contribution in [0.2, 0.25) is 0 Å². The van der Waals surface area contributed by atoms with Crippen molar-refractivity contribution in [1.82, 2.24) is 4.58 Å². The van der Waals surface area contributed by atoms with Crippen molar-refractivity contribution in [3.05, 3.63) is 94.8 Å². The van der Waals surface area contributed by atoms with Gasteiger partial charge in [0.25, 0.3) is 0 Å². The number of alkyl halides is 1. The van der Waals surface area contributed by atoms with Crippen molar-refractivity contribution in [3.63, 3.8) is 0 Å². The van der Waals surface area contributed by atoms with Crippen LogP contribution < -0.4 is 14.8 Å². The second kappa shape index (κ2) is 10.3. The molecule has 0 bridgehead atoms. The van der Waals surface area contributed by atoms with E-state index in [1.54, 1.807) is 12.1 Å². The molecule has 0 amide bonds.